The van der Waals surface area contributed by atoms with Crippen molar-refractivity contribution >= 4 is 23.6 Å². The van der Waals surface area contributed by atoms with Gasteiger partial charge in [-0.05, 0) is 43.3 Å². The van der Waals surface area contributed by atoms with Crippen molar-refractivity contribution in [1.29, 1.82) is 0 Å². The zero-order valence-electron chi connectivity index (χ0n) is 16.6. The zero-order valence-corrected chi connectivity index (χ0v) is 16.6. The van der Waals surface area contributed by atoms with Crippen LogP contribution in [0.3, 0.4) is 0 Å². The first kappa shape index (κ1) is 20.8. The van der Waals surface area contributed by atoms with Crippen LogP contribution in [0.15, 0.2) is 36.4 Å². The van der Waals surface area contributed by atoms with Gasteiger partial charge < -0.3 is 25.3 Å². The normalized spacial score (nSPS) is 10.4. The van der Waals surface area contributed by atoms with Crippen LogP contribution in [-0.4, -0.2) is 35.1 Å². The summed E-state index contributed by atoms with van der Waals surface area (Å²) >= 11 is 0. The molecule has 156 valence electrons. The second-order valence-corrected chi connectivity index (χ2v) is 6.15. The number of carbonyl (C=O) groups excluding carboxylic acids is 1. The fraction of sp³-hybridized carbons (Fsp3) is 0.200. The van der Waals surface area contributed by atoms with E-state index in [1.54, 1.807) is 12.1 Å². The minimum Gasteiger partial charge on any atom is -0.496 e. The van der Waals surface area contributed by atoms with E-state index >= 15 is 0 Å². The van der Waals surface area contributed by atoms with E-state index < -0.39 is 5.97 Å². The highest BCUT2D eigenvalue weighted by Gasteiger charge is 2.16. The lowest BCUT2D eigenvalue weighted by Crippen LogP contribution is -2.11. The van der Waals surface area contributed by atoms with Crippen LogP contribution in [0.1, 0.15) is 21.7 Å². The lowest BCUT2D eigenvalue weighted by atomic mass is 10.1. The fourth-order valence-electron chi connectivity index (χ4n) is 2.64. The number of halogens is 1. The summed E-state index contributed by atoms with van der Waals surface area (Å²) in [5.41, 5.74) is 7.28. The quantitative estimate of drug-likeness (QED) is 0.563. The molecule has 3 rings (SSSR count). The molecule has 0 aliphatic carbocycles. The molecule has 10 heteroatoms. The average Bonchev–Trinajstić information content (AvgIpc) is 2.73. The topological polar surface area (TPSA) is 121 Å². The number of hydrogen-bond donors (Lipinski definition) is 2. The van der Waals surface area contributed by atoms with Crippen molar-refractivity contribution in [2.24, 2.45) is 0 Å². The maximum atomic E-state index is 13.0. The second kappa shape index (κ2) is 9.03. The molecule has 1 heterocycles. The van der Waals surface area contributed by atoms with Gasteiger partial charge in [0.15, 0.2) is 12.4 Å². The van der Waals surface area contributed by atoms with Crippen LogP contribution in [0, 0.1) is 12.7 Å². The Bertz CT molecular complexity index is 1030. The van der Waals surface area contributed by atoms with Gasteiger partial charge in [0.05, 0.1) is 19.8 Å². The monoisotopic (exact) mass is 413 g/mol. The van der Waals surface area contributed by atoms with Crippen LogP contribution >= 0.6 is 0 Å². The highest BCUT2D eigenvalue weighted by Crippen LogP contribution is 2.29. The third-order valence-electron chi connectivity index (χ3n) is 4.12. The number of benzene rings is 2. The molecule has 0 bridgehead atoms. The first-order valence-corrected chi connectivity index (χ1v) is 8.82. The second-order valence-electron chi connectivity index (χ2n) is 6.15. The Balaban J connectivity index is 1.73. The van der Waals surface area contributed by atoms with Crippen LogP contribution in [0.5, 0.6) is 11.5 Å². The Morgan fingerprint density at radius 1 is 1.07 bits per heavy atom. The number of rotatable bonds is 7. The van der Waals surface area contributed by atoms with Crippen LogP contribution in [0.25, 0.3) is 0 Å². The fourth-order valence-corrected chi connectivity index (χ4v) is 2.64. The largest absolute Gasteiger partial charge is 0.496 e. The van der Waals surface area contributed by atoms with E-state index in [9.17, 15) is 9.18 Å². The molecule has 3 aromatic rings. The lowest BCUT2D eigenvalue weighted by molar-refractivity contribution is 0.0461. The van der Waals surface area contributed by atoms with Gasteiger partial charge in [-0.25, -0.2) is 9.18 Å². The van der Waals surface area contributed by atoms with Gasteiger partial charge in [-0.3, -0.25) is 0 Å². The highest BCUT2D eigenvalue weighted by molar-refractivity contribution is 5.90. The minimum atomic E-state index is -0.612. The molecule has 0 radical (unpaired) electrons. The van der Waals surface area contributed by atoms with E-state index in [0.717, 1.165) is 5.56 Å². The van der Waals surface area contributed by atoms with E-state index in [4.69, 9.17) is 19.9 Å². The Hall–Kier alpha value is -3.95. The van der Waals surface area contributed by atoms with E-state index in [0.29, 0.717) is 17.2 Å². The zero-order chi connectivity index (χ0) is 21.7. The summed E-state index contributed by atoms with van der Waals surface area (Å²) in [6, 6.07) is 8.74. The van der Waals surface area contributed by atoms with Crippen molar-refractivity contribution in [3.63, 3.8) is 0 Å². The molecule has 3 N–H and O–H groups in total. The number of aromatic nitrogens is 3. The van der Waals surface area contributed by atoms with Crippen molar-refractivity contribution in [2.75, 3.05) is 25.3 Å². The molecule has 30 heavy (non-hydrogen) atoms. The van der Waals surface area contributed by atoms with Gasteiger partial charge in [0.2, 0.25) is 11.9 Å². The summed E-state index contributed by atoms with van der Waals surface area (Å²) in [5, 5.41) is 2.89. The third-order valence-corrected chi connectivity index (χ3v) is 4.12. The van der Waals surface area contributed by atoms with Gasteiger partial charge >= 0.3 is 5.97 Å². The molecule has 0 spiro atoms. The number of ether oxygens (including phenoxy) is 3. The maximum absolute atomic E-state index is 13.0. The van der Waals surface area contributed by atoms with Crippen molar-refractivity contribution < 1.29 is 23.4 Å². The number of hydrogen-bond acceptors (Lipinski definition) is 9. The molecule has 0 saturated heterocycles. The molecular formula is C20H20FN5O4. The summed E-state index contributed by atoms with van der Waals surface area (Å²) < 4.78 is 28.9. The van der Waals surface area contributed by atoms with Gasteiger partial charge in [0, 0.05) is 11.3 Å². The van der Waals surface area contributed by atoms with Crippen molar-refractivity contribution in [1.82, 2.24) is 15.0 Å². The van der Waals surface area contributed by atoms with Gasteiger partial charge in [-0.15, -0.1) is 0 Å². The molecule has 2 aromatic carbocycles. The molecule has 0 unspecified atom stereocenters. The molecule has 1 aromatic heterocycles. The van der Waals surface area contributed by atoms with Gasteiger partial charge in [0.25, 0.3) is 0 Å². The number of methoxy groups -OCH3 is 2. The van der Waals surface area contributed by atoms with E-state index in [2.05, 4.69) is 20.3 Å². The van der Waals surface area contributed by atoms with E-state index in [1.807, 2.05) is 6.92 Å². The number of nitrogen functional groups attached to an aromatic ring is 1. The standard InChI is InChI=1S/C20H20FN5O4/c1-11-15(28-2)8-12(9-16(11)29-3)18(27)30-10-17-24-19(22)26-20(25-17)23-14-6-4-13(21)5-7-14/h4-9H,10H2,1-3H3,(H3,22,23,24,25,26). The van der Waals surface area contributed by atoms with E-state index in [1.165, 1.54) is 38.5 Å². The summed E-state index contributed by atoms with van der Waals surface area (Å²) in [6.07, 6.45) is 0. The molecule has 0 atom stereocenters. The van der Waals surface area contributed by atoms with E-state index in [-0.39, 0.29) is 35.7 Å². The molecule has 0 saturated carbocycles. The summed E-state index contributed by atoms with van der Waals surface area (Å²) in [7, 11) is 3.00. The van der Waals surface area contributed by atoms with Gasteiger partial charge in [-0.1, -0.05) is 0 Å². The number of esters is 1. The number of anilines is 3. The maximum Gasteiger partial charge on any atom is 0.338 e. The Kier molecular flexibility index (Phi) is 6.26. The van der Waals surface area contributed by atoms with Crippen LogP contribution in [-0.2, 0) is 11.3 Å². The first-order chi connectivity index (χ1) is 14.4. The summed E-state index contributed by atoms with van der Waals surface area (Å²) in [6.45, 7) is 1.58. The summed E-state index contributed by atoms with van der Waals surface area (Å²) in [4.78, 5) is 24.6. The lowest BCUT2D eigenvalue weighted by Gasteiger charge is -2.12. The molecule has 0 aliphatic heterocycles. The van der Waals surface area contributed by atoms with Gasteiger partial charge in [-0.2, -0.15) is 15.0 Å². The van der Waals surface area contributed by atoms with Gasteiger partial charge in [0.1, 0.15) is 17.3 Å². The van der Waals surface area contributed by atoms with Crippen molar-refractivity contribution in [3.05, 3.63) is 59.2 Å². The van der Waals surface area contributed by atoms with Crippen LogP contribution in [0.4, 0.5) is 22.0 Å². The summed E-state index contributed by atoms with van der Waals surface area (Å²) in [5.74, 6) is 0.240. The van der Waals surface area contributed by atoms with Crippen LogP contribution in [0.2, 0.25) is 0 Å². The predicted octanol–water partition coefficient (Wildman–Crippen LogP) is 3.02. The molecular weight excluding hydrogens is 393 g/mol. The highest BCUT2D eigenvalue weighted by atomic mass is 19.1. The number of nitrogens with zero attached hydrogens (tertiary/aromatic N) is 3. The Morgan fingerprint density at radius 3 is 2.30 bits per heavy atom. The average molecular weight is 413 g/mol. The number of carbonyl (C=O) groups is 1. The van der Waals surface area contributed by atoms with Crippen LogP contribution < -0.4 is 20.5 Å². The Morgan fingerprint density at radius 2 is 1.70 bits per heavy atom. The SMILES string of the molecule is COc1cc(C(=O)OCc2nc(N)nc(Nc3ccc(F)cc3)n2)cc(OC)c1C. The predicted molar refractivity (Wildman–Crippen MR) is 107 cm³/mol. The first-order valence-electron chi connectivity index (χ1n) is 8.82. The smallest absolute Gasteiger partial charge is 0.338 e. The number of nitrogens with two attached hydrogens (primary N) is 1. The third kappa shape index (κ3) is 4.90. The number of nitrogens with one attached hydrogen (secondary N) is 1. The Labute approximate surface area is 172 Å². The van der Waals surface area contributed by atoms with Crippen molar-refractivity contribution in [3.8, 4) is 11.5 Å². The molecule has 0 aliphatic rings. The minimum absolute atomic E-state index is 0.0562. The molecule has 0 amide bonds. The molecule has 9 nitrogen and oxygen atoms in total. The van der Waals surface area contributed by atoms with Crippen molar-refractivity contribution in [2.45, 2.75) is 13.5 Å². The molecule has 0 fully saturated rings.